The van der Waals surface area contributed by atoms with Crippen LogP contribution < -0.4 is 0 Å². The molecule has 164 valence electrons. The number of hydrogen-bond donors (Lipinski definition) is 3. The minimum absolute atomic E-state index is 0.0921. The van der Waals surface area contributed by atoms with E-state index in [1.54, 1.807) is 0 Å². The number of aryl methyl sites for hydroxylation is 2. The third kappa shape index (κ3) is 4.55. The number of rotatable bonds is 7. The second-order valence-corrected chi connectivity index (χ2v) is 7.87. The number of benzene rings is 2. The fourth-order valence-corrected chi connectivity index (χ4v) is 3.57. The van der Waals surface area contributed by atoms with Crippen LogP contribution in [-0.2, 0) is 19.4 Å². The first-order chi connectivity index (χ1) is 15.4. The van der Waals surface area contributed by atoms with Crippen molar-refractivity contribution < 1.29 is 15.3 Å². The summed E-state index contributed by atoms with van der Waals surface area (Å²) < 4.78 is 1.42. The van der Waals surface area contributed by atoms with Crippen LogP contribution in [0.15, 0.2) is 60.7 Å². The minimum atomic E-state index is -0.319. The Morgan fingerprint density at radius 2 is 1.53 bits per heavy atom. The Kier molecular flexibility index (Phi) is 6.04. The number of hydrogen-bond acceptors (Lipinski definition) is 7. The molecule has 32 heavy (non-hydrogen) atoms. The lowest BCUT2D eigenvalue weighted by molar-refractivity contribution is 0.402. The number of aromatic hydroxyl groups is 3. The summed E-state index contributed by atoms with van der Waals surface area (Å²) in [5.74, 6) is -0.157. The second-order valence-electron chi connectivity index (χ2n) is 7.87. The van der Waals surface area contributed by atoms with E-state index in [0.717, 1.165) is 17.7 Å². The van der Waals surface area contributed by atoms with E-state index >= 15 is 0 Å². The molecule has 0 saturated carbocycles. The average Bonchev–Trinajstić information content (AvgIpc) is 3.15. The van der Waals surface area contributed by atoms with Gasteiger partial charge in [-0.05, 0) is 50.2 Å². The molecule has 0 spiro atoms. The monoisotopic (exact) mass is 431 g/mol. The summed E-state index contributed by atoms with van der Waals surface area (Å²) in [7, 11) is 3.98. The third-order valence-electron chi connectivity index (χ3n) is 5.10. The van der Waals surface area contributed by atoms with Gasteiger partial charge in [0.1, 0.15) is 11.5 Å². The van der Waals surface area contributed by atoms with Gasteiger partial charge in [-0.1, -0.05) is 47.6 Å². The van der Waals surface area contributed by atoms with Crippen molar-refractivity contribution in [1.29, 1.82) is 0 Å². The standard InChI is InChI=1S/C24H25N5O3/c1-28(2)15-17-8-11-18(12-9-17)29-23(26-27-24(29)32)22-21(31)14-20(30)19(25-22)13-10-16-6-4-3-5-7-16/h3-9,11-12,14,30-31H,10,13,15H2,1-2H3,(H,27,32). The van der Waals surface area contributed by atoms with E-state index in [-0.39, 0.29) is 29.0 Å². The SMILES string of the molecule is CN(C)Cc1ccc(-n2c(O)nnc2-c2nc(CCc3ccccc3)c(O)cc2O)cc1. The topological polar surface area (TPSA) is 108 Å². The first kappa shape index (κ1) is 21.3. The van der Waals surface area contributed by atoms with Crippen molar-refractivity contribution in [3.8, 4) is 34.7 Å². The molecular formula is C24H25N5O3. The number of pyridine rings is 1. The summed E-state index contributed by atoms with van der Waals surface area (Å²) in [5.41, 5.74) is 3.42. The van der Waals surface area contributed by atoms with Crippen LogP contribution in [-0.4, -0.2) is 54.1 Å². The van der Waals surface area contributed by atoms with Crippen LogP contribution in [0, 0.1) is 0 Å². The molecule has 4 rings (SSSR count). The molecule has 0 amide bonds. The zero-order valence-electron chi connectivity index (χ0n) is 18.0. The Labute approximate surface area is 186 Å². The molecule has 0 fully saturated rings. The fourth-order valence-electron chi connectivity index (χ4n) is 3.57. The Balaban J connectivity index is 1.68. The van der Waals surface area contributed by atoms with E-state index in [2.05, 4.69) is 20.1 Å². The maximum Gasteiger partial charge on any atom is 0.319 e. The smallest absolute Gasteiger partial charge is 0.319 e. The predicted octanol–water partition coefficient (Wildman–Crippen LogP) is 3.29. The van der Waals surface area contributed by atoms with Gasteiger partial charge in [0.25, 0.3) is 0 Å². The van der Waals surface area contributed by atoms with Gasteiger partial charge >= 0.3 is 6.01 Å². The highest BCUT2D eigenvalue weighted by Crippen LogP contribution is 2.34. The van der Waals surface area contributed by atoms with Gasteiger partial charge in [0, 0.05) is 12.6 Å². The maximum atomic E-state index is 10.5. The molecule has 0 aliphatic rings. The normalized spacial score (nSPS) is 11.2. The van der Waals surface area contributed by atoms with E-state index < -0.39 is 0 Å². The van der Waals surface area contributed by atoms with Crippen molar-refractivity contribution in [2.75, 3.05) is 14.1 Å². The van der Waals surface area contributed by atoms with Gasteiger partial charge in [-0.2, -0.15) is 0 Å². The van der Waals surface area contributed by atoms with E-state index in [0.29, 0.717) is 24.2 Å². The largest absolute Gasteiger partial charge is 0.506 e. The van der Waals surface area contributed by atoms with E-state index in [1.165, 1.54) is 10.6 Å². The van der Waals surface area contributed by atoms with Crippen molar-refractivity contribution in [3.05, 3.63) is 77.5 Å². The van der Waals surface area contributed by atoms with Crippen LogP contribution >= 0.6 is 0 Å². The Morgan fingerprint density at radius 1 is 0.812 bits per heavy atom. The summed E-state index contributed by atoms with van der Waals surface area (Å²) >= 11 is 0. The quantitative estimate of drug-likeness (QED) is 0.412. The molecule has 0 unspecified atom stereocenters. The zero-order valence-corrected chi connectivity index (χ0v) is 18.0. The summed E-state index contributed by atoms with van der Waals surface area (Å²) in [6, 6.07) is 18.4. The Morgan fingerprint density at radius 3 is 2.22 bits per heavy atom. The van der Waals surface area contributed by atoms with Gasteiger partial charge in [-0.15, -0.1) is 5.10 Å². The maximum absolute atomic E-state index is 10.5. The van der Waals surface area contributed by atoms with Crippen LogP contribution in [0.5, 0.6) is 17.5 Å². The summed E-state index contributed by atoms with van der Waals surface area (Å²) in [6.45, 7) is 0.784. The third-order valence-corrected chi connectivity index (χ3v) is 5.10. The highest BCUT2D eigenvalue weighted by atomic mass is 16.3. The van der Waals surface area contributed by atoms with Crippen LogP contribution in [0.25, 0.3) is 17.2 Å². The van der Waals surface area contributed by atoms with Crippen LogP contribution in [0.2, 0.25) is 0 Å². The van der Waals surface area contributed by atoms with Gasteiger partial charge in [0.2, 0.25) is 0 Å². The molecule has 0 saturated heterocycles. The van der Waals surface area contributed by atoms with Crippen molar-refractivity contribution in [2.24, 2.45) is 0 Å². The molecule has 0 bridgehead atoms. The highest BCUT2D eigenvalue weighted by molar-refractivity contribution is 5.64. The molecule has 3 N–H and O–H groups in total. The number of nitrogens with zero attached hydrogens (tertiary/aromatic N) is 5. The van der Waals surface area contributed by atoms with Gasteiger partial charge in [0.05, 0.1) is 11.4 Å². The lowest BCUT2D eigenvalue weighted by atomic mass is 10.1. The lowest BCUT2D eigenvalue weighted by Crippen LogP contribution is -2.10. The van der Waals surface area contributed by atoms with E-state index in [9.17, 15) is 15.3 Å². The minimum Gasteiger partial charge on any atom is -0.506 e. The van der Waals surface area contributed by atoms with Gasteiger partial charge in [0.15, 0.2) is 11.5 Å². The Hall–Kier alpha value is -3.91. The molecule has 0 atom stereocenters. The predicted molar refractivity (Wildman–Crippen MR) is 121 cm³/mol. The molecule has 8 nitrogen and oxygen atoms in total. The average molecular weight is 431 g/mol. The molecule has 0 aliphatic carbocycles. The second kappa shape index (κ2) is 9.07. The van der Waals surface area contributed by atoms with Crippen LogP contribution in [0.1, 0.15) is 16.8 Å². The molecule has 0 radical (unpaired) electrons. The zero-order chi connectivity index (χ0) is 22.7. The first-order valence-electron chi connectivity index (χ1n) is 10.3. The molecule has 2 aromatic heterocycles. The van der Waals surface area contributed by atoms with Crippen molar-refractivity contribution >= 4 is 0 Å². The number of aromatic nitrogens is 4. The molecule has 4 aromatic rings. The molecular weight excluding hydrogens is 406 g/mol. The van der Waals surface area contributed by atoms with Crippen molar-refractivity contribution in [1.82, 2.24) is 24.6 Å². The summed E-state index contributed by atoms with van der Waals surface area (Å²) in [4.78, 5) is 6.53. The molecule has 8 heteroatoms. The molecule has 2 heterocycles. The lowest BCUT2D eigenvalue weighted by Gasteiger charge is -2.13. The van der Waals surface area contributed by atoms with Gasteiger partial charge in [-0.25, -0.2) is 9.55 Å². The highest BCUT2D eigenvalue weighted by Gasteiger charge is 2.21. The van der Waals surface area contributed by atoms with Crippen molar-refractivity contribution in [3.63, 3.8) is 0 Å². The summed E-state index contributed by atoms with van der Waals surface area (Å²) in [5, 5.41) is 39.0. The van der Waals surface area contributed by atoms with Crippen LogP contribution in [0.3, 0.4) is 0 Å². The molecule has 0 aliphatic heterocycles. The van der Waals surface area contributed by atoms with Gasteiger partial charge < -0.3 is 20.2 Å². The Bertz CT molecular complexity index is 1200. The summed E-state index contributed by atoms with van der Waals surface area (Å²) in [6.07, 6.45) is 1.15. The van der Waals surface area contributed by atoms with E-state index in [4.69, 9.17) is 0 Å². The fraction of sp³-hybridized carbons (Fsp3) is 0.208. The molecule has 2 aromatic carbocycles. The van der Waals surface area contributed by atoms with Crippen LogP contribution in [0.4, 0.5) is 0 Å². The first-order valence-corrected chi connectivity index (χ1v) is 10.3. The van der Waals surface area contributed by atoms with Gasteiger partial charge in [-0.3, -0.25) is 0 Å². The van der Waals surface area contributed by atoms with Crippen molar-refractivity contribution in [2.45, 2.75) is 19.4 Å². The van der Waals surface area contributed by atoms with E-state index in [1.807, 2.05) is 68.7 Å².